The van der Waals surface area contributed by atoms with Crippen LogP contribution in [-0.2, 0) is 0 Å². The normalized spacial score (nSPS) is 13.6. The average molecular weight is 221 g/mol. The van der Waals surface area contributed by atoms with Crippen molar-refractivity contribution < 1.29 is 4.74 Å². The van der Waals surface area contributed by atoms with Crippen LogP contribution < -0.4 is 10.5 Å². The summed E-state index contributed by atoms with van der Waals surface area (Å²) in [5, 5.41) is 0. The smallest absolute Gasteiger partial charge is 0.120 e. The van der Waals surface area contributed by atoms with E-state index in [0.717, 1.165) is 12.2 Å². The molecule has 0 heterocycles. The Morgan fingerprint density at radius 2 is 1.88 bits per heavy atom. The highest BCUT2D eigenvalue weighted by molar-refractivity contribution is 5.34. The van der Waals surface area contributed by atoms with E-state index >= 15 is 0 Å². The lowest BCUT2D eigenvalue weighted by molar-refractivity contribution is 0.0932. The molecule has 0 aliphatic rings. The largest absolute Gasteiger partial charge is 0.488 e. The Labute approximate surface area is 98.8 Å². The number of aryl methyl sites for hydroxylation is 2. The lowest BCUT2D eigenvalue weighted by Gasteiger charge is -2.28. The van der Waals surface area contributed by atoms with E-state index in [2.05, 4.69) is 39.8 Å². The fraction of sp³-hybridized carbons (Fsp3) is 0.571. The Bertz CT molecular complexity index is 356. The van der Waals surface area contributed by atoms with Crippen LogP contribution in [0.2, 0.25) is 0 Å². The Morgan fingerprint density at radius 3 is 2.38 bits per heavy atom. The summed E-state index contributed by atoms with van der Waals surface area (Å²) >= 11 is 0. The molecule has 0 aliphatic heterocycles. The van der Waals surface area contributed by atoms with Crippen molar-refractivity contribution in [3.8, 4) is 5.75 Å². The predicted octanol–water partition coefficient (Wildman–Crippen LogP) is 3.20. The van der Waals surface area contributed by atoms with Crippen LogP contribution in [0.4, 0.5) is 0 Å². The molecule has 2 nitrogen and oxygen atoms in total. The van der Waals surface area contributed by atoms with Gasteiger partial charge in [-0.3, -0.25) is 0 Å². The highest BCUT2D eigenvalue weighted by Crippen LogP contribution is 2.24. The van der Waals surface area contributed by atoms with Crippen LogP contribution in [0.25, 0.3) is 0 Å². The zero-order valence-electron chi connectivity index (χ0n) is 11.0. The Morgan fingerprint density at radius 1 is 1.25 bits per heavy atom. The monoisotopic (exact) mass is 221 g/mol. The number of hydrogen-bond acceptors (Lipinski definition) is 2. The molecule has 0 saturated carbocycles. The van der Waals surface area contributed by atoms with Crippen LogP contribution >= 0.6 is 0 Å². The number of rotatable bonds is 4. The minimum Gasteiger partial charge on any atom is -0.488 e. The Hall–Kier alpha value is -1.02. The Balaban J connectivity index is 2.76. The predicted molar refractivity (Wildman–Crippen MR) is 68.9 cm³/mol. The fourth-order valence-electron chi connectivity index (χ4n) is 1.91. The van der Waals surface area contributed by atoms with Gasteiger partial charge in [-0.25, -0.2) is 0 Å². The van der Waals surface area contributed by atoms with Gasteiger partial charge < -0.3 is 10.5 Å². The van der Waals surface area contributed by atoms with Gasteiger partial charge in [0, 0.05) is 12.5 Å². The van der Waals surface area contributed by atoms with E-state index in [4.69, 9.17) is 10.5 Å². The minimum absolute atomic E-state index is 0.154. The van der Waals surface area contributed by atoms with Gasteiger partial charge in [0.2, 0.25) is 0 Å². The summed E-state index contributed by atoms with van der Waals surface area (Å²) in [6.07, 6.45) is 0.847. The second kappa shape index (κ2) is 4.88. The van der Waals surface area contributed by atoms with Crippen LogP contribution in [-0.4, -0.2) is 11.6 Å². The van der Waals surface area contributed by atoms with Crippen molar-refractivity contribution in [2.75, 3.05) is 0 Å². The fourth-order valence-corrected chi connectivity index (χ4v) is 1.91. The molecular formula is C14H23NO. The summed E-state index contributed by atoms with van der Waals surface area (Å²) < 4.78 is 5.97. The maximum atomic E-state index is 5.97. The first-order chi connectivity index (χ1) is 7.30. The summed E-state index contributed by atoms with van der Waals surface area (Å²) in [6, 6.07) is 6.34. The highest BCUT2D eigenvalue weighted by atomic mass is 16.5. The van der Waals surface area contributed by atoms with Crippen LogP contribution in [0, 0.1) is 13.8 Å². The highest BCUT2D eigenvalue weighted by Gasteiger charge is 2.21. The van der Waals surface area contributed by atoms with Gasteiger partial charge in [-0.1, -0.05) is 6.07 Å². The second-order valence-corrected chi connectivity index (χ2v) is 5.29. The number of benzene rings is 1. The minimum atomic E-state index is -0.212. The molecule has 0 saturated heterocycles. The molecule has 0 aromatic heterocycles. The van der Waals surface area contributed by atoms with Crippen molar-refractivity contribution in [2.45, 2.75) is 52.7 Å². The van der Waals surface area contributed by atoms with Crippen LogP contribution in [0.5, 0.6) is 5.75 Å². The summed E-state index contributed by atoms with van der Waals surface area (Å²) in [4.78, 5) is 0. The van der Waals surface area contributed by atoms with Crippen molar-refractivity contribution in [2.24, 2.45) is 5.73 Å². The van der Waals surface area contributed by atoms with Crippen LogP contribution in [0.1, 0.15) is 38.3 Å². The van der Waals surface area contributed by atoms with Crippen LogP contribution in [0.3, 0.4) is 0 Å². The first-order valence-corrected chi connectivity index (χ1v) is 5.82. The third-order valence-electron chi connectivity index (χ3n) is 2.69. The van der Waals surface area contributed by atoms with Gasteiger partial charge in [-0.05, 0) is 57.9 Å². The molecular weight excluding hydrogens is 198 g/mol. The zero-order chi connectivity index (χ0) is 12.3. The summed E-state index contributed by atoms with van der Waals surface area (Å²) in [7, 11) is 0. The number of ether oxygens (including phenoxy) is 1. The maximum Gasteiger partial charge on any atom is 0.120 e. The SMILES string of the molecule is Cc1ccc(OC(C)(C)CC(C)N)cc1C. The van der Waals surface area contributed by atoms with Gasteiger partial charge >= 0.3 is 0 Å². The molecule has 1 unspecified atom stereocenters. The standard InChI is InChI=1S/C14H23NO/c1-10-6-7-13(8-11(10)2)16-14(4,5)9-12(3)15/h6-8,12H,9,15H2,1-5H3. The maximum absolute atomic E-state index is 5.97. The molecule has 1 atom stereocenters. The van der Waals surface area contributed by atoms with Gasteiger partial charge in [-0.15, -0.1) is 0 Å². The molecule has 0 bridgehead atoms. The van der Waals surface area contributed by atoms with E-state index in [-0.39, 0.29) is 11.6 Å². The average Bonchev–Trinajstić information content (AvgIpc) is 2.08. The van der Waals surface area contributed by atoms with Crippen molar-refractivity contribution in [3.05, 3.63) is 29.3 Å². The molecule has 1 aromatic rings. The molecule has 16 heavy (non-hydrogen) atoms. The first kappa shape index (κ1) is 13.0. The second-order valence-electron chi connectivity index (χ2n) is 5.29. The molecule has 0 amide bonds. The molecule has 0 fully saturated rings. The quantitative estimate of drug-likeness (QED) is 0.847. The lowest BCUT2D eigenvalue weighted by atomic mass is 10.00. The van der Waals surface area contributed by atoms with Gasteiger partial charge in [0.15, 0.2) is 0 Å². The van der Waals surface area contributed by atoms with E-state index in [9.17, 15) is 0 Å². The summed E-state index contributed by atoms with van der Waals surface area (Å²) in [5.74, 6) is 0.925. The molecule has 2 N–H and O–H groups in total. The number of hydrogen-bond donors (Lipinski definition) is 1. The molecule has 0 spiro atoms. The van der Waals surface area contributed by atoms with E-state index in [1.165, 1.54) is 11.1 Å². The van der Waals surface area contributed by atoms with Gasteiger partial charge in [0.25, 0.3) is 0 Å². The Kier molecular flexibility index (Phi) is 3.98. The van der Waals surface area contributed by atoms with Crippen LogP contribution in [0.15, 0.2) is 18.2 Å². The molecule has 1 rings (SSSR count). The zero-order valence-corrected chi connectivity index (χ0v) is 11.0. The van der Waals surface area contributed by atoms with Crippen molar-refractivity contribution in [1.29, 1.82) is 0 Å². The molecule has 2 heteroatoms. The van der Waals surface area contributed by atoms with E-state index < -0.39 is 0 Å². The van der Waals surface area contributed by atoms with Gasteiger partial charge in [0.1, 0.15) is 11.4 Å². The molecule has 0 aliphatic carbocycles. The third kappa shape index (κ3) is 3.86. The van der Waals surface area contributed by atoms with E-state index in [1.807, 2.05) is 13.0 Å². The number of nitrogens with two attached hydrogens (primary N) is 1. The summed E-state index contributed by atoms with van der Waals surface area (Å²) in [6.45, 7) is 10.4. The van der Waals surface area contributed by atoms with E-state index in [1.54, 1.807) is 0 Å². The molecule has 0 radical (unpaired) electrons. The van der Waals surface area contributed by atoms with Crippen molar-refractivity contribution in [1.82, 2.24) is 0 Å². The topological polar surface area (TPSA) is 35.2 Å². The van der Waals surface area contributed by atoms with Gasteiger partial charge in [0.05, 0.1) is 0 Å². The molecule has 1 aromatic carbocycles. The first-order valence-electron chi connectivity index (χ1n) is 5.82. The summed E-state index contributed by atoms with van der Waals surface area (Å²) in [5.41, 5.74) is 8.14. The van der Waals surface area contributed by atoms with E-state index in [0.29, 0.717) is 0 Å². The van der Waals surface area contributed by atoms with Crippen molar-refractivity contribution in [3.63, 3.8) is 0 Å². The third-order valence-corrected chi connectivity index (χ3v) is 2.69. The molecule has 90 valence electrons. The lowest BCUT2D eigenvalue weighted by Crippen LogP contribution is -2.35. The van der Waals surface area contributed by atoms with Gasteiger partial charge in [-0.2, -0.15) is 0 Å². The van der Waals surface area contributed by atoms with Crippen molar-refractivity contribution >= 4 is 0 Å².